The van der Waals surface area contributed by atoms with E-state index in [0.717, 1.165) is 28.3 Å². The molecular weight excluding hydrogens is 438 g/mol. The number of aromatic nitrogens is 2. The summed E-state index contributed by atoms with van der Waals surface area (Å²) in [4.78, 5) is 28.8. The highest BCUT2D eigenvalue weighted by Crippen LogP contribution is 2.42. The maximum absolute atomic E-state index is 13.7. The number of anilines is 1. The molecule has 5 rings (SSSR count). The van der Waals surface area contributed by atoms with E-state index < -0.39 is 6.04 Å². The molecule has 7 nitrogen and oxygen atoms in total. The van der Waals surface area contributed by atoms with Crippen LogP contribution < -0.4 is 15.1 Å². The second-order valence-corrected chi connectivity index (χ2v) is 8.81. The van der Waals surface area contributed by atoms with Crippen molar-refractivity contribution in [2.24, 2.45) is 0 Å². The zero-order valence-electron chi connectivity index (χ0n) is 18.6. The van der Waals surface area contributed by atoms with Gasteiger partial charge in [-0.05, 0) is 55.2 Å². The van der Waals surface area contributed by atoms with Crippen LogP contribution in [0.25, 0.3) is 11.0 Å². The van der Waals surface area contributed by atoms with Crippen LogP contribution in [0.5, 0.6) is 5.75 Å². The molecule has 0 saturated carbocycles. The number of nitrogens with zero attached hydrogens (tertiary/aromatic N) is 3. The van der Waals surface area contributed by atoms with Gasteiger partial charge in [-0.25, -0.2) is 0 Å². The second kappa shape index (κ2) is 8.44. The van der Waals surface area contributed by atoms with Gasteiger partial charge in [0.05, 0.1) is 23.6 Å². The third kappa shape index (κ3) is 3.51. The minimum atomic E-state index is -0.660. The van der Waals surface area contributed by atoms with Gasteiger partial charge in [0.1, 0.15) is 16.3 Å². The van der Waals surface area contributed by atoms with E-state index in [1.54, 1.807) is 6.07 Å². The minimum absolute atomic E-state index is 0.0591. The standard InChI is InChI=1S/C25H23N3O4S/c1-4-14-7-12-18-17(13-14)22(29)20-21(15-8-10-16(11-9-15)31-6-3)28(24(30)23(20)32-18)25-27-26-19(5-2)33-25/h7-13,21H,4-6H2,1-3H3. The fourth-order valence-electron chi connectivity index (χ4n) is 4.15. The van der Waals surface area contributed by atoms with Crippen LogP contribution >= 0.6 is 11.3 Å². The number of rotatable bonds is 6. The quantitative estimate of drug-likeness (QED) is 0.405. The van der Waals surface area contributed by atoms with E-state index in [1.165, 1.54) is 16.2 Å². The van der Waals surface area contributed by atoms with Crippen molar-refractivity contribution in [2.75, 3.05) is 11.5 Å². The minimum Gasteiger partial charge on any atom is -0.494 e. The van der Waals surface area contributed by atoms with E-state index in [9.17, 15) is 9.59 Å². The number of hydrogen-bond acceptors (Lipinski definition) is 7. The van der Waals surface area contributed by atoms with Gasteiger partial charge in [-0.3, -0.25) is 14.5 Å². The van der Waals surface area contributed by atoms with Gasteiger partial charge in [0, 0.05) is 0 Å². The number of amides is 1. The normalized spacial score (nSPS) is 15.3. The van der Waals surface area contributed by atoms with Crippen molar-refractivity contribution in [3.63, 3.8) is 0 Å². The molecule has 168 valence electrons. The highest BCUT2D eigenvalue weighted by molar-refractivity contribution is 7.15. The van der Waals surface area contributed by atoms with Gasteiger partial charge in [0.2, 0.25) is 10.9 Å². The molecule has 1 aliphatic heterocycles. The summed E-state index contributed by atoms with van der Waals surface area (Å²) < 4.78 is 11.6. The Morgan fingerprint density at radius 1 is 1.03 bits per heavy atom. The molecule has 0 saturated heterocycles. The van der Waals surface area contributed by atoms with Gasteiger partial charge in [-0.15, -0.1) is 10.2 Å². The predicted octanol–water partition coefficient (Wildman–Crippen LogP) is 4.92. The fourth-order valence-corrected chi connectivity index (χ4v) is 4.96. The summed E-state index contributed by atoms with van der Waals surface area (Å²) in [5.74, 6) is 0.393. The molecule has 33 heavy (non-hydrogen) atoms. The number of benzene rings is 2. The largest absolute Gasteiger partial charge is 0.494 e. The van der Waals surface area contributed by atoms with Gasteiger partial charge in [0.15, 0.2) is 5.43 Å². The molecule has 8 heteroatoms. The second-order valence-electron chi connectivity index (χ2n) is 7.77. The molecule has 1 unspecified atom stereocenters. The van der Waals surface area contributed by atoms with Crippen LogP contribution in [0.2, 0.25) is 0 Å². The molecule has 0 radical (unpaired) electrons. The molecule has 0 spiro atoms. The van der Waals surface area contributed by atoms with E-state index in [-0.39, 0.29) is 17.1 Å². The zero-order chi connectivity index (χ0) is 23.1. The zero-order valence-corrected chi connectivity index (χ0v) is 19.4. The van der Waals surface area contributed by atoms with Gasteiger partial charge in [-0.2, -0.15) is 0 Å². The summed E-state index contributed by atoms with van der Waals surface area (Å²) in [5, 5.41) is 10.2. The Kier molecular flexibility index (Phi) is 5.46. The van der Waals surface area contributed by atoms with Crippen LogP contribution in [0, 0.1) is 0 Å². The summed E-state index contributed by atoms with van der Waals surface area (Å²) in [5.41, 5.74) is 2.35. The van der Waals surface area contributed by atoms with E-state index >= 15 is 0 Å². The van der Waals surface area contributed by atoms with Crippen molar-refractivity contribution >= 4 is 33.3 Å². The number of aryl methyl sites for hydroxylation is 2. The maximum Gasteiger partial charge on any atom is 0.297 e. The van der Waals surface area contributed by atoms with Crippen LogP contribution in [0.3, 0.4) is 0 Å². The number of carbonyl (C=O) groups is 1. The predicted molar refractivity (Wildman–Crippen MR) is 127 cm³/mol. The number of fused-ring (bicyclic) bond motifs is 2. The van der Waals surface area contributed by atoms with Crippen LogP contribution in [0.1, 0.15) is 59.1 Å². The Balaban J connectivity index is 1.74. The molecule has 1 atom stereocenters. The Morgan fingerprint density at radius 3 is 2.48 bits per heavy atom. The third-order valence-electron chi connectivity index (χ3n) is 5.81. The Bertz CT molecular complexity index is 1410. The molecular formula is C25H23N3O4S. The van der Waals surface area contributed by atoms with Crippen molar-refractivity contribution in [3.05, 3.63) is 80.1 Å². The average molecular weight is 462 g/mol. The van der Waals surface area contributed by atoms with Gasteiger partial charge in [-0.1, -0.05) is 43.4 Å². The first-order valence-electron chi connectivity index (χ1n) is 11.0. The molecule has 0 N–H and O–H groups in total. The van der Waals surface area contributed by atoms with Crippen molar-refractivity contribution < 1.29 is 13.9 Å². The molecule has 2 aromatic heterocycles. The van der Waals surface area contributed by atoms with Crippen LogP contribution in [0.4, 0.5) is 5.13 Å². The lowest BCUT2D eigenvalue weighted by molar-refractivity contribution is 0.0970. The molecule has 0 fully saturated rings. The Labute approximate surface area is 194 Å². The number of hydrogen-bond donors (Lipinski definition) is 0. The first kappa shape index (κ1) is 21.3. The molecule has 0 bridgehead atoms. The molecule has 0 aliphatic carbocycles. The molecule has 2 aromatic carbocycles. The number of ether oxygens (including phenoxy) is 1. The fraction of sp³-hybridized carbons (Fsp3) is 0.280. The van der Waals surface area contributed by atoms with Gasteiger partial charge >= 0.3 is 0 Å². The highest BCUT2D eigenvalue weighted by atomic mass is 32.1. The summed E-state index contributed by atoms with van der Waals surface area (Å²) in [6, 6.07) is 12.3. The Morgan fingerprint density at radius 2 is 1.82 bits per heavy atom. The topological polar surface area (TPSA) is 85.5 Å². The first-order valence-corrected chi connectivity index (χ1v) is 11.9. The van der Waals surface area contributed by atoms with Crippen LogP contribution in [-0.4, -0.2) is 22.7 Å². The summed E-state index contributed by atoms with van der Waals surface area (Å²) in [7, 11) is 0. The summed E-state index contributed by atoms with van der Waals surface area (Å²) in [6.07, 6.45) is 1.51. The van der Waals surface area contributed by atoms with Crippen LogP contribution in [-0.2, 0) is 12.8 Å². The number of carbonyl (C=O) groups excluding carboxylic acids is 1. The molecule has 3 heterocycles. The molecule has 4 aromatic rings. The highest BCUT2D eigenvalue weighted by Gasteiger charge is 2.45. The van der Waals surface area contributed by atoms with Crippen molar-refractivity contribution in [1.29, 1.82) is 0 Å². The van der Waals surface area contributed by atoms with Gasteiger partial charge in [0.25, 0.3) is 5.91 Å². The lowest BCUT2D eigenvalue weighted by Crippen LogP contribution is -2.29. The average Bonchev–Trinajstić information content (AvgIpc) is 3.42. The molecule has 1 aliphatic rings. The van der Waals surface area contributed by atoms with E-state index in [1.807, 2.05) is 57.2 Å². The first-order chi connectivity index (χ1) is 16.0. The van der Waals surface area contributed by atoms with Gasteiger partial charge < -0.3 is 9.15 Å². The van der Waals surface area contributed by atoms with Crippen LogP contribution in [0.15, 0.2) is 51.7 Å². The summed E-state index contributed by atoms with van der Waals surface area (Å²) >= 11 is 1.34. The van der Waals surface area contributed by atoms with Crippen molar-refractivity contribution in [1.82, 2.24) is 10.2 Å². The Hall–Kier alpha value is -3.52. The SMILES string of the molecule is CCOc1ccc(C2c3c(oc4ccc(CC)cc4c3=O)C(=O)N2c2nnc(CC)s2)cc1. The third-order valence-corrected chi connectivity index (χ3v) is 6.88. The van der Waals surface area contributed by atoms with Crippen molar-refractivity contribution in [2.45, 2.75) is 39.7 Å². The lowest BCUT2D eigenvalue weighted by Gasteiger charge is -2.22. The smallest absolute Gasteiger partial charge is 0.297 e. The van der Waals surface area contributed by atoms with E-state index in [0.29, 0.717) is 34.7 Å². The van der Waals surface area contributed by atoms with Crippen molar-refractivity contribution in [3.8, 4) is 5.75 Å². The van der Waals surface area contributed by atoms with E-state index in [4.69, 9.17) is 9.15 Å². The molecule has 1 amide bonds. The lowest BCUT2D eigenvalue weighted by atomic mass is 9.98. The summed E-state index contributed by atoms with van der Waals surface area (Å²) in [6.45, 7) is 6.49. The maximum atomic E-state index is 13.7. The monoisotopic (exact) mass is 461 g/mol. The van der Waals surface area contributed by atoms with E-state index in [2.05, 4.69) is 10.2 Å².